The molecule has 0 spiro atoms. The van der Waals surface area contributed by atoms with Crippen molar-refractivity contribution in [1.29, 1.82) is 0 Å². The SMILES string of the molecule is C.C=C(CC)B1OC(C)(C)C(C)(C)O1.C=C(CC)c1nc(OC)ccc1C(=O)OC.CCC1(C)OC(=O)c2ccc(=O)[nH]c21.CCC1(C)OC(=O)c2ccc(Cl)nc21.CCC1(C)OC(=O)c2ccc(OC)nc21.COC(=O)c1ncc(OC)nc1Cl.CSF.O=P(Cl)(Cl)Cl.O=S(=O)(O)C(F)(F)F. The minimum atomic E-state index is -5.84. The summed E-state index contributed by atoms with van der Waals surface area (Å²) in [6.45, 7) is 31.4. The molecule has 0 radical (unpaired) electrons. The number of fused-ring (bicyclic) bond motifs is 3. The fraction of sp³-hybridized carbons (Fsp3) is 0.476. The number of aromatic amines is 1. The number of esters is 5. The molecule has 1 saturated heterocycles. The molecule has 26 nitrogen and oxygen atoms in total. The van der Waals surface area contributed by atoms with Crippen LogP contribution in [0.4, 0.5) is 17.1 Å². The van der Waals surface area contributed by atoms with Crippen molar-refractivity contribution in [3.8, 4) is 17.6 Å². The van der Waals surface area contributed by atoms with Crippen LogP contribution < -0.4 is 19.8 Å². The molecule has 102 heavy (non-hydrogen) atoms. The minimum absolute atomic E-state index is 0. The zero-order chi connectivity index (χ0) is 78.2. The van der Waals surface area contributed by atoms with Crippen molar-refractivity contribution >= 4 is 127 Å². The summed E-state index contributed by atoms with van der Waals surface area (Å²) in [6, 6.07) is 12.7. The quantitative estimate of drug-likeness (QED) is 0.0171. The Labute approximate surface area is 619 Å². The van der Waals surface area contributed by atoms with Gasteiger partial charge in [-0.15, -0.1) is 6.58 Å². The van der Waals surface area contributed by atoms with Gasteiger partial charge in [0.25, 0.3) is 0 Å². The van der Waals surface area contributed by atoms with Crippen LogP contribution in [-0.2, 0) is 64.5 Å². The number of H-pyrrole nitrogens is 1. The summed E-state index contributed by atoms with van der Waals surface area (Å²) < 4.78 is 129. The number of hydrogen-bond donors (Lipinski definition) is 2. The number of rotatable bonds is 12. The van der Waals surface area contributed by atoms with Crippen LogP contribution in [-0.4, -0.2) is 138 Å². The first-order valence-corrected chi connectivity index (χ1v) is 37.3. The monoisotopic (exact) mass is 1600 g/mol. The summed E-state index contributed by atoms with van der Waals surface area (Å²) in [7, 11) is 1.02. The lowest BCUT2D eigenvalue weighted by Gasteiger charge is -2.32. The Hall–Kier alpha value is -6.65. The smallest absolute Gasteiger partial charge is 0.481 e. The number of methoxy groups -OCH3 is 5. The number of alkyl halides is 3. The third-order valence-electron chi connectivity index (χ3n) is 14.9. The van der Waals surface area contributed by atoms with Crippen LogP contribution in [0.25, 0.3) is 5.57 Å². The molecule has 4 aliphatic heterocycles. The molecule has 9 rings (SSSR count). The molecule has 1 fully saturated rings. The third-order valence-corrected chi connectivity index (χ3v) is 16.0. The van der Waals surface area contributed by atoms with Crippen LogP contribution in [0.2, 0.25) is 10.3 Å². The maximum Gasteiger partial charge on any atom is 0.522 e. The van der Waals surface area contributed by atoms with Gasteiger partial charge in [0.1, 0.15) is 22.1 Å². The van der Waals surface area contributed by atoms with E-state index in [-0.39, 0.29) is 78.1 Å². The van der Waals surface area contributed by atoms with Crippen LogP contribution >= 0.6 is 74.3 Å². The third kappa shape index (κ3) is 27.4. The molecular formula is C63H83BCl5F4N6O20PS2. The summed E-state index contributed by atoms with van der Waals surface area (Å²) in [6.07, 6.45) is 6.32. The first kappa shape index (κ1) is 95.4. The number of halogens is 9. The molecular weight excluding hydrogens is 1520 g/mol. The van der Waals surface area contributed by atoms with Gasteiger partial charge in [-0.25, -0.2) is 43.9 Å². The van der Waals surface area contributed by atoms with Gasteiger partial charge in [-0.3, -0.25) is 13.9 Å². The van der Waals surface area contributed by atoms with E-state index in [0.717, 1.165) is 17.5 Å². The number of allylic oxidation sites excluding steroid dienone is 2. The summed E-state index contributed by atoms with van der Waals surface area (Å²) in [5.74, 6) is -0.805. The Morgan fingerprint density at radius 3 is 1.45 bits per heavy atom. The van der Waals surface area contributed by atoms with E-state index in [1.54, 1.807) is 50.4 Å². The van der Waals surface area contributed by atoms with Gasteiger partial charge in [-0.05, 0) is 156 Å². The topological polar surface area (TPSA) is 346 Å². The van der Waals surface area contributed by atoms with Gasteiger partial charge >= 0.3 is 57.8 Å². The highest BCUT2D eigenvalue weighted by Crippen LogP contribution is 2.61. The number of carbonyl (C=O) groups excluding carboxylic acids is 5. The largest absolute Gasteiger partial charge is 0.522 e. The lowest BCUT2D eigenvalue weighted by Crippen LogP contribution is -2.41. The zero-order valence-electron chi connectivity index (χ0n) is 58.3. The second-order valence-corrected chi connectivity index (χ2v) is 31.2. The molecule has 39 heteroatoms. The number of nitrogens with zero attached hydrogens (tertiary/aromatic N) is 5. The van der Waals surface area contributed by atoms with E-state index in [9.17, 15) is 50.4 Å². The molecule has 2 N–H and O–H groups in total. The van der Waals surface area contributed by atoms with E-state index in [0.29, 0.717) is 87.6 Å². The molecule has 5 aromatic rings. The molecule has 0 aromatic carbocycles. The number of cyclic esters (lactones) is 3. The van der Waals surface area contributed by atoms with Crippen molar-refractivity contribution in [2.24, 2.45) is 0 Å². The van der Waals surface area contributed by atoms with E-state index < -0.39 is 49.6 Å². The highest BCUT2D eigenvalue weighted by atomic mass is 36.0. The number of aromatic nitrogens is 6. The van der Waals surface area contributed by atoms with E-state index in [4.69, 9.17) is 73.9 Å². The minimum Gasteiger partial charge on any atom is -0.481 e. The molecule has 3 atom stereocenters. The van der Waals surface area contributed by atoms with Crippen LogP contribution in [0.3, 0.4) is 0 Å². The lowest BCUT2D eigenvalue weighted by atomic mass is 9.78. The predicted octanol–water partition coefficient (Wildman–Crippen LogP) is 16.5. The maximum atomic E-state index is 11.5. The second kappa shape index (κ2) is 41.2. The highest BCUT2D eigenvalue weighted by Gasteiger charge is 2.52. The fourth-order valence-corrected chi connectivity index (χ4v) is 8.33. The van der Waals surface area contributed by atoms with Crippen LogP contribution in [0.1, 0.15) is 197 Å². The average Bonchev–Trinajstić information content (AvgIpc) is 1.64. The molecule has 9 heterocycles. The van der Waals surface area contributed by atoms with Gasteiger partial charge in [-0.1, -0.05) is 71.8 Å². The molecule has 0 bridgehead atoms. The van der Waals surface area contributed by atoms with E-state index >= 15 is 0 Å². The number of nitrogens with one attached hydrogen (secondary N) is 1. The first-order chi connectivity index (χ1) is 46.5. The van der Waals surface area contributed by atoms with Gasteiger partial charge in [0, 0.05) is 36.6 Å². The Morgan fingerprint density at radius 2 is 1.05 bits per heavy atom. The zero-order valence-corrected chi connectivity index (χ0v) is 64.6. The van der Waals surface area contributed by atoms with Crippen molar-refractivity contribution in [3.63, 3.8) is 0 Å². The first-order valence-electron chi connectivity index (χ1n) is 29.6. The molecule has 4 aliphatic rings. The average molecular weight is 1600 g/mol. The molecule has 0 aliphatic carbocycles. The van der Waals surface area contributed by atoms with Gasteiger partial charge in [0.2, 0.25) is 23.2 Å². The number of ether oxygens (including phenoxy) is 8. The Kier molecular flexibility index (Phi) is 38.5. The molecule has 0 amide bonds. The summed E-state index contributed by atoms with van der Waals surface area (Å²) in [4.78, 5) is 90.8. The number of carbonyl (C=O) groups is 5. The Balaban J connectivity index is 0.00000115. The van der Waals surface area contributed by atoms with Crippen LogP contribution in [0, 0.1) is 0 Å². The van der Waals surface area contributed by atoms with Crippen LogP contribution in [0.15, 0.2) is 78.2 Å². The summed E-state index contributed by atoms with van der Waals surface area (Å²) >= 11 is 25.5. The summed E-state index contributed by atoms with van der Waals surface area (Å²) in [5.41, 5.74) is -1.95. The van der Waals surface area contributed by atoms with Gasteiger partial charge in [0.05, 0.1) is 86.6 Å². The highest BCUT2D eigenvalue weighted by molar-refractivity contribution is 8.24. The summed E-state index contributed by atoms with van der Waals surface area (Å²) in [5, 5.41) is -2.87. The lowest BCUT2D eigenvalue weighted by molar-refractivity contribution is -0.0510. The molecule has 0 saturated carbocycles. The Bertz CT molecular complexity index is 3950. The molecule has 568 valence electrons. The van der Waals surface area contributed by atoms with Crippen molar-refractivity contribution in [3.05, 3.63) is 145 Å². The van der Waals surface area contributed by atoms with Crippen molar-refractivity contribution in [1.82, 2.24) is 29.9 Å². The van der Waals surface area contributed by atoms with Crippen molar-refractivity contribution < 1.29 is 106 Å². The molecule has 5 aromatic heterocycles. The number of hydrogen-bond acceptors (Lipinski definition) is 25. The predicted molar refractivity (Wildman–Crippen MR) is 382 cm³/mol. The van der Waals surface area contributed by atoms with E-state index in [1.807, 2.05) is 41.5 Å². The van der Waals surface area contributed by atoms with Gasteiger partial charge < -0.3 is 52.2 Å². The number of pyridine rings is 4. The normalized spacial score (nSPS) is 18.0. The molecule has 3 unspecified atom stereocenters. The standard InChI is InChI=1S/C12H15NO3.C11H13NO3.C10H19BO2.C10H10ClNO2.C10H11NO3.C7H7ClN2O3.CHF3O3S.CH3FS.CH4.Cl3OP/c1-5-8(2)11-9(12(14)16-4)6-7-10(13-11)15-3;1-4-11(2)9-7(10(13)15-11)5-6-8(12-9)14-3;1-7-8(2)11-12-9(3,4)10(5,6)13-11;1-3-10(2)8-6(9(13)14-10)4-5-7(11)12-8;1-3-10(2)8-6(9(13)14-10)4-5-7(12)11-8;1-12-4-3-9-5(6(8)10-4)7(11)13-2;2-1(3,4)8(5,6)7;1-3-2;;1-5(2,3)4/h6-7H,2,5H2,1,3-4H3;5-6H,4H2,1-3H3;2,7H2,1,3-6H3;4-5H,3H2,1-2H3;4-5H,3H2,1-2H3,(H,11,12);3H,1-2H3;(H,5,6,7);1H3;1H4;. The van der Waals surface area contributed by atoms with E-state index in [2.05, 4.69) is 121 Å². The van der Waals surface area contributed by atoms with Gasteiger partial charge in [-0.2, -0.15) is 30.5 Å². The van der Waals surface area contributed by atoms with Crippen molar-refractivity contribution in [2.45, 2.75) is 156 Å². The Morgan fingerprint density at radius 1 is 0.647 bits per heavy atom. The van der Waals surface area contributed by atoms with Crippen molar-refractivity contribution in [2.75, 3.05) is 41.8 Å². The van der Waals surface area contributed by atoms with Gasteiger partial charge in [0.15, 0.2) is 22.0 Å². The van der Waals surface area contributed by atoms with Crippen LogP contribution in [0.5, 0.6) is 17.6 Å². The second-order valence-electron chi connectivity index (χ2n) is 22.1. The van der Waals surface area contributed by atoms with E-state index in [1.165, 1.54) is 53.0 Å². The maximum absolute atomic E-state index is 11.5. The fourth-order valence-electron chi connectivity index (χ4n) is 7.97.